The summed E-state index contributed by atoms with van der Waals surface area (Å²) in [5.74, 6) is -0.730. The summed E-state index contributed by atoms with van der Waals surface area (Å²) in [4.78, 5) is 37.0. The number of rotatable bonds is 5. The number of hydrogen-bond donors (Lipinski definition) is 1. The summed E-state index contributed by atoms with van der Waals surface area (Å²) in [6, 6.07) is 14.8. The van der Waals surface area contributed by atoms with Crippen molar-refractivity contribution in [3.05, 3.63) is 76.1 Å². The summed E-state index contributed by atoms with van der Waals surface area (Å²) in [6.45, 7) is 5.61. The first-order chi connectivity index (χ1) is 13.4. The van der Waals surface area contributed by atoms with E-state index in [2.05, 4.69) is 5.32 Å². The smallest absolute Gasteiger partial charge is 0.338 e. The summed E-state index contributed by atoms with van der Waals surface area (Å²) in [7, 11) is 0. The van der Waals surface area contributed by atoms with Crippen LogP contribution in [0.25, 0.3) is 10.9 Å². The van der Waals surface area contributed by atoms with Gasteiger partial charge in [-0.2, -0.15) is 0 Å². The molecular formula is C22H22N2O4. The molecule has 0 aliphatic rings. The topological polar surface area (TPSA) is 77.4 Å². The van der Waals surface area contributed by atoms with Crippen molar-refractivity contribution in [1.29, 1.82) is 0 Å². The second-order valence-corrected chi connectivity index (χ2v) is 6.52. The number of aromatic nitrogens is 1. The lowest BCUT2D eigenvalue weighted by molar-refractivity contribution is -0.118. The van der Waals surface area contributed by atoms with Crippen LogP contribution < -0.4 is 10.9 Å². The van der Waals surface area contributed by atoms with E-state index < -0.39 is 12.0 Å². The van der Waals surface area contributed by atoms with Gasteiger partial charge in [0.1, 0.15) is 6.04 Å². The Hall–Kier alpha value is -3.41. The maximum absolute atomic E-state index is 12.8. The Labute approximate surface area is 162 Å². The highest BCUT2D eigenvalue weighted by Crippen LogP contribution is 2.20. The van der Waals surface area contributed by atoms with Crippen LogP contribution in [0, 0.1) is 6.92 Å². The Morgan fingerprint density at radius 3 is 2.46 bits per heavy atom. The van der Waals surface area contributed by atoms with E-state index in [0.717, 1.165) is 10.9 Å². The Bertz CT molecular complexity index is 1080. The molecule has 144 valence electrons. The quantitative estimate of drug-likeness (QED) is 0.687. The third kappa shape index (κ3) is 3.81. The number of ether oxygens (including phenoxy) is 1. The van der Waals surface area contributed by atoms with E-state index in [4.69, 9.17) is 4.74 Å². The Kier molecular flexibility index (Phi) is 5.59. The third-order valence-corrected chi connectivity index (χ3v) is 4.60. The van der Waals surface area contributed by atoms with Gasteiger partial charge in [-0.05, 0) is 56.7 Å². The van der Waals surface area contributed by atoms with E-state index >= 15 is 0 Å². The lowest BCUT2D eigenvalue weighted by Gasteiger charge is -2.18. The first-order valence-electron chi connectivity index (χ1n) is 9.11. The number of nitrogens with zero attached hydrogens (tertiary/aromatic N) is 1. The van der Waals surface area contributed by atoms with Gasteiger partial charge >= 0.3 is 5.97 Å². The van der Waals surface area contributed by atoms with Crippen LogP contribution in [0.5, 0.6) is 0 Å². The van der Waals surface area contributed by atoms with E-state index in [1.807, 2.05) is 31.2 Å². The first-order valence-corrected chi connectivity index (χ1v) is 9.11. The van der Waals surface area contributed by atoms with Crippen molar-refractivity contribution in [1.82, 2.24) is 4.57 Å². The number of nitrogens with one attached hydrogen (secondary N) is 1. The van der Waals surface area contributed by atoms with Crippen molar-refractivity contribution in [3.8, 4) is 0 Å². The van der Waals surface area contributed by atoms with Gasteiger partial charge < -0.3 is 10.1 Å². The minimum atomic E-state index is -0.706. The predicted molar refractivity (Wildman–Crippen MR) is 109 cm³/mol. The molecule has 1 atom stereocenters. The van der Waals surface area contributed by atoms with Crippen molar-refractivity contribution in [2.75, 3.05) is 11.9 Å². The second kappa shape index (κ2) is 8.08. The van der Waals surface area contributed by atoms with Gasteiger partial charge in [0.25, 0.3) is 5.56 Å². The third-order valence-electron chi connectivity index (χ3n) is 4.60. The maximum Gasteiger partial charge on any atom is 0.338 e. The fourth-order valence-corrected chi connectivity index (χ4v) is 3.14. The monoisotopic (exact) mass is 378 g/mol. The summed E-state index contributed by atoms with van der Waals surface area (Å²) < 4.78 is 6.44. The van der Waals surface area contributed by atoms with Crippen molar-refractivity contribution in [3.63, 3.8) is 0 Å². The average molecular weight is 378 g/mol. The van der Waals surface area contributed by atoms with Gasteiger partial charge in [-0.1, -0.05) is 18.2 Å². The lowest BCUT2D eigenvalue weighted by atomic mass is 10.1. The van der Waals surface area contributed by atoms with E-state index in [9.17, 15) is 14.4 Å². The minimum absolute atomic E-state index is 0.225. The zero-order valence-corrected chi connectivity index (χ0v) is 16.1. The number of esters is 1. The van der Waals surface area contributed by atoms with Crippen LogP contribution in [-0.4, -0.2) is 23.1 Å². The van der Waals surface area contributed by atoms with Crippen LogP contribution in [0.4, 0.5) is 5.69 Å². The van der Waals surface area contributed by atoms with Crippen LogP contribution >= 0.6 is 0 Å². The molecular weight excluding hydrogens is 356 g/mol. The summed E-state index contributed by atoms with van der Waals surface area (Å²) in [5, 5.41) is 3.73. The highest BCUT2D eigenvalue weighted by Gasteiger charge is 2.19. The van der Waals surface area contributed by atoms with Crippen molar-refractivity contribution < 1.29 is 14.3 Å². The number of carbonyl (C=O) groups is 2. The number of para-hydroxylation sites is 1. The maximum atomic E-state index is 12.8. The molecule has 0 radical (unpaired) electrons. The summed E-state index contributed by atoms with van der Waals surface area (Å²) in [5.41, 5.74) is 2.31. The number of anilines is 1. The summed E-state index contributed by atoms with van der Waals surface area (Å²) >= 11 is 0. The van der Waals surface area contributed by atoms with Gasteiger partial charge in [0.15, 0.2) is 0 Å². The van der Waals surface area contributed by atoms with Gasteiger partial charge in [-0.3, -0.25) is 14.2 Å². The molecule has 0 saturated heterocycles. The molecule has 3 rings (SSSR count). The van der Waals surface area contributed by atoms with Crippen molar-refractivity contribution in [2.45, 2.75) is 26.8 Å². The molecule has 0 aliphatic heterocycles. The van der Waals surface area contributed by atoms with Crippen molar-refractivity contribution >= 4 is 28.5 Å². The highest BCUT2D eigenvalue weighted by molar-refractivity contribution is 5.96. The van der Waals surface area contributed by atoms with Crippen molar-refractivity contribution in [2.24, 2.45) is 0 Å². The highest BCUT2D eigenvalue weighted by atomic mass is 16.5. The molecule has 1 unspecified atom stereocenters. The lowest BCUT2D eigenvalue weighted by Crippen LogP contribution is -2.31. The number of hydrogen-bond acceptors (Lipinski definition) is 4. The predicted octanol–water partition coefficient (Wildman–Crippen LogP) is 3.69. The molecule has 2 aromatic carbocycles. The fraction of sp³-hybridized carbons (Fsp3) is 0.227. The first kappa shape index (κ1) is 19.4. The normalized spacial score (nSPS) is 11.8. The number of pyridine rings is 1. The minimum Gasteiger partial charge on any atom is -0.462 e. The largest absolute Gasteiger partial charge is 0.462 e. The standard InChI is InChI=1S/C22H22N2O4/c1-4-28-22(27)16-9-11-17(12-10-16)23-21(26)15(3)24-19-8-6-5-7-18(19)14(2)13-20(24)25/h5-13,15H,4H2,1-3H3,(H,23,26). The molecule has 6 nitrogen and oxygen atoms in total. The zero-order valence-electron chi connectivity index (χ0n) is 16.1. The molecule has 1 heterocycles. The number of carbonyl (C=O) groups excluding carboxylic acids is 2. The molecule has 0 aliphatic carbocycles. The molecule has 6 heteroatoms. The Morgan fingerprint density at radius 2 is 1.79 bits per heavy atom. The van der Waals surface area contributed by atoms with Crippen LogP contribution in [0.15, 0.2) is 59.4 Å². The molecule has 1 aromatic heterocycles. The molecule has 0 fully saturated rings. The molecule has 0 spiro atoms. The zero-order chi connectivity index (χ0) is 20.3. The average Bonchev–Trinajstić information content (AvgIpc) is 2.68. The van der Waals surface area contributed by atoms with Crippen LogP contribution in [-0.2, 0) is 9.53 Å². The van der Waals surface area contributed by atoms with E-state index in [0.29, 0.717) is 23.4 Å². The van der Waals surface area contributed by atoms with E-state index in [1.54, 1.807) is 44.2 Å². The number of amides is 1. The number of fused-ring (bicyclic) bond motifs is 1. The van der Waals surface area contributed by atoms with E-state index in [1.165, 1.54) is 4.57 Å². The number of aryl methyl sites for hydroxylation is 1. The van der Waals surface area contributed by atoms with Gasteiger partial charge in [0.2, 0.25) is 5.91 Å². The second-order valence-electron chi connectivity index (χ2n) is 6.52. The molecule has 3 aromatic rings. The van der Waals surface area contributed by atoms with E-state index in [-0.39, 0.29) is 11.5 Å². The number of benzene rings is 2. The molecule has 0 bridgehead atoms. The summed E-state index contributed by atoms with van der Waals surface area (Å²) in [6.07, 6.45) is 0. The Morgan fingerprint density at radius 1 is 1.11 bits per heavy atom. The van der Waals surface area contributed by atoms with Gasteiger partial charge in [-0.15, -0.1) is 0 Å². The SMILES string of the molecule is CCOC(=O)c1ccc(NC(=O)C(C)n2c(=O)cc(C)c3ccccc32)cc1. The van der Waals surface area contributed by atoms with Gasteiger partial charge in [0.05, 0.1) is 17.7 Å². The molecule has 28 heavy (non-hydrogen) atoms. The molecule has 1 N–H and O–H groups in total. The van der Waals surface area contributed by atoms with Gasteiger partial charge in [-0.25, -0.2) is 4.79 Å². The van der Waals surface area contributed by atoms with Crippen LogP contribution in [0.3, 0.4) is 0 Å². The molecule has 0 saturated carbocycles. The Balaban J connectivity index is 1.85. The fourth-order valence-electron chi connectivity index (χ4n) is 3.14. The molecule has 1 amide bonds. The van der Waals surface area contributed by atoms with Gasteiger partial charge in [0, 0.05) is 17.1 Å². The van der Waals surface area contributed by atoms with Crippen LogP contribution in [0.1, 0.15) is 35.8 Å². The van der Waals surface area contributed by atoms with Crippen LogP contribution in [0.2, 0.25) is 0 Å².